The third-order valence-corrected chi connectivity index (χ3v) is 2.36. The van der Waals surface area contributed by atoms with Crippen molar-refractivity contribution in [2.45, 2.75) is 32.4 Å². The highest BCUT2D eigenvalue weighted by Gasteiger charge is 2.21. The van der Waals surface area contributed by atoms with Crippen LogP contribution in [-0.4, -0.2) is 37.1 Å². The lowest BCUT2D eigenvalue weighted by molar-refractivity contribution is 0.269. The van der Waals surface area contributed by atoms with Crippen LogP contribution in [0.2, 0.25) is 0 Å². The molecule has 0 aromatic heterocycles. The van der Waals surface area contributed by atoms with Gasteiger partial charge in [0.05, 0.1) is 0 Å². The molecule has 0 aliphatic carbocycles. The number of nitrogens with zero attached hydrogens (tertiary/aromatic N) is 1. The summed E-state index contributed by atoms with van der Waals surface area (Å²) in [5, 5.41) is 3.31. The molecule has 0 saturated carbocycles. The van der Waals surface area contributed by atoms with Gasteiger partial charge >= 0.3 is 0 Å². The normalized spacial score (nSPS) is 28.2. The molecular formula is C8H18N2. The van der Waals surface area contributed by atoms with Crippen molar-refractivity contribution >= 4 is 0 Å². The van der Waals surface area contributed by atoms with Gasteiger partial charge in [-0.3, -0.25) is 4.90 Å². The van der Waals surface area contributed by atoms with Crippen molar-refractivity contribution in [2.75, 3.05) is 20.1 Å². The molecule has 0 spiro atoms. The molecule has 1 aliphatic rings. The first-order valence-corrected chi connectivity index (χ1v) is 4.15. The Bertz CT molecular complexity index is 101. The molecule has 1 fully saturated rings. The number of hydrogen-bond donors (Lipinski definition) is 1. The largest absolute Gasteiger partial charge is 0.316 e. The predicted octanol–water partition coefficient (Wildman–Crippen LogP) is 0.688. The van der Waals surface area contributed by atoms with E-state index in [0.29, 0.717) is 0 Å². The van der Waals surface area contributed by atoms with Crippen molar-refractivity contribution in [3.63, 3.8) is 0 Å². The minimum Gasteiger partial charge on any atom is -0.316 e. The highest BCUT2D eigenvalue weighted by atomic mass is 15.2. The van der Waals surface area contributed by atoms with Crippen LogP contribution >= 0.6 is 0 Å². The highest BCUT2D eigenvalue weighted by molar-refractivity contribution is 4.81. The van der Waals surface area contributed by atoms with Gasteiger partial charge in [0.25, 0.3) is 0 Å². The van der Waals surface area contributed by atoms with Gasteiger partial charge in [0.1, 0.15) is 0 Å². The van der Waals surface area contributed by atoms with Crippen molar-refractivity contribution in [1.82, 2.24) is 10.2 Å². The lowest BCUT2D eigenvalue weighted by atomic mass is 10.3. The summed E-state index contributed by atoms with van der Waals surface area (Å²) in [6, 6.07) is 1.46. The fourth-order valence-electron chi connectivity index (χ4n) is 1.49. The van der Waals surface area contributed by atoms with E-state index in [2.05, 4.69) is 31.1 Å². The van der Waals surface area contributed by atoms with Crippen LogP contribution in [0, 0.1) is 0 Å². The summed E-state index contributed by atoms with van der Waals surface area (Å²) in [5.74, 6) is 0. The van der Waals surface area contributed by atoms with Crippen LogP contribution < -0.4 is 5.32 Å². The second kappa shape index (κ2) is 3.35. The van der Waals surface area contributed by atoms with Crippen LogP contribution in [0.1, 0.15) is 20.3 Å². The Morgan fingerprint density at radius 2 is 2.20 bits per heavy atom. The third kappa shape index (κ3) is 1.70. The van der Waals surface area contributed by atoms with Gasteiger partial charge in [0.15, 0.2) is 0 Å². The average molecular weight is 142 g/mol. The van der Waals surface area contributed by atoms with Crippen molar-refractivity contribution < 1.29 is 0 Å². The van der Waals surface area contributed by atoms with Crippen molar-refractivity contribution in [3.05, 3.63) is 0 Å². The van der Waals surface area contributed by atoms with Crippen LogP contribution in [0.15, 0.2) is 0 Å². The molecule has 1 rings (SSSR count). The first kappa shape index (κ1) is 8.02. The van der Waals surface area contributed by atoms with Crippen LogP contribution in [0.5, 0.6) is 0 Å². The molecular weight excluding hydrogens is 124 g/mol. The van der Waals surface area contributed by atoms with Gasteiger partial charge in [-0.05, 0) is 33.9 Å². The number of likely N-dealkylation sites (tertiary alicyclic amines) is 1. The SMILES string of the molecule is CN[C@@H]1CCN(C(C)C)C1. The molecule has 10 heavy (non-hydrogen) atoms. The van der Waals surface area contributed by atoms with Crippen molar-refractivity contribution in [2.24, 2.45) is 0 Å². The Kier molecular flexibility index (Phi) is 2.69. The summed E-state index contributed by atoms with van der Waals surface area (Å²) in [4.78, 5) is 2.52. The molecule has 1 saturated heterocycles. The molecule has 0 aromatic carbocycles. The van der Waals surface area contributed by atoms with E-state index in [1.54, 1.807) is 0 Å². The third-order valence-electron chi connectivity index (χ3n) is 2.36. The second-order valence-corrected chi connectivity index (χ2v) is 3.36. The Hall–Kier alpha value is -0.0800. The molecule has 1 N–H and O–H groups in total. The lowest BCUT2D eigenvalue weighted by Crippen LogP contribution is -2.33. The maximum atomic E-state index is 3.31. The maximum Gasteiger partial charge on any atom is 0.0204 e. The number of nitrogens with one attached hydrogen (secondary N) is 1. The Labute approximate surface area is 63.6 Å². The standard InChI is InChI=1S/C8H18N2/c1-7(2)10-5-4-8(6-10)9-3/h7-9H,4-6H2,1-3H3/t8-/m1/s1. The minimum atomic E-state index is 0.721. The smallest absolute Gasteiger partial charge is 0.0204 e. The summed E-state index contributed by atoms with van der Waals surface area (Å²) in [7, 11) is 2.05. The first-order chi connectivity index (χ1) is 4.74. The molecule has 0 bridgehead atoms. The highest BCUT2D eigenvalue weighted by Crippen LogP contribution is 2.11. The van der Waals surface area contributed by atoms with E-state index in [0.717, 1.165) is 12.1 Å². The van der Waals surface area contributed by atoms with Gasteiger partial charge in [-0.25, -0.2) is 0 Å². The Morgan fingerprint density at radius 1 is 1.50 bits per heavy atom. The maximum absolute atomic E-state index is 3.31. The molecule has 60 valence electrons. The summed E-state index contributed by atoms with van der Waals surface area (Å²) in [5.41, 5.74) is 0. The van der Waals surface area contributed by atoms with Crippen LogP contribution in [-0.2, 0) is 0 Å². The first-order valence-electron chi connectivity index (χ1n) is 4.15. The molecule has 0 unspecified atom stereocenters. The quantitative estimate of drug-likeness (QED) is 0.610. The van der Waals surface area contributed by atoms with Gasteiger partial charge in [-0.15, -0.1) is 0 Å². The molecule has 1 atom stereocenters. The monoisotopic (exact) mass is 142 g/mol. The predicted molar refractivity (Wildman–Crippen MR) is 44.2 cm³/mol. The average Bonchev–Trinajstić information content (AvgIpc) is 2.34. The van der Waals surface area contributed by atoms with Crippen molar-refractivity contribution in [1.29, 1.82) is 0 Å². The number of hydrogen-bond acceptors (Lipinski definition) is 2. The molecule has 0 radical (unpaired) electrons. The number of rotatable bonds is 2. The molecule has 2 heteroatoms. The van der Waals surface area contributed by atoms with Gasteiger partial charge in [0, 0.05) is 18.6 Å². The molecule has 2 nitrogen and oxygen atoms in total. The zero-order valence-corrected chi connectivity index (χ0v) is 7.22. The fourth-order valence-corrected chi connectivity index (χ4v) is 1.49. The molecule has 1 aliphatic heterocycles. The lowest BCUT2D eigenvalue weighted by Gasteiger charge is -2.19. The van der Waals surface area contributed by atoms with Gasteiger partial charge in [-0.2, -0.15) is 0 Å². The summed E-state index contributed by atoms with van der Waals surface area (Å²) in [6.07, 6.45) is 1.31. The summed E-state index contributed by atoms with van der Waals surface area (Å²) >= 11 is 0. The molecule has 1 heterocycles. The van der Waals surface area contributed by atoms with E-state index in [-0.39, 0.29) is 0 Å². The van der Waals surface area contributed by atoms with Crippen LogP contribution in [0.3, 0.4) is 0 Å². The molecule has 0 amide bonds. The van der Waals surface area contributed by atoms with E-state index in [4.69, 9.17) is 0 Å². The summed E-state index contributed by atoms with van der Waals surface area (Å²) < 4.78 is 0. The fraction of sp³-hybridized carbons (Fsp3) is 1.00. The Balaban J connectivity index is 2.28. The number of likely N-dealkylation sites (N-methyl/N-ethyl adjacent to an activating group) is 1. The minimum absolute atomic E-state index is 0.721. The zero-order valence-electron chi connectivity index (χ0n) is 7.22. The van der Waals surface area contributed by atoms with Crippen LogP contribution in [0.4, 0.5) is 0 Å². The molecule has 0 aromatic rings. The van der Waals surface area contributed by atoms with Gasteiger partial charge < -0.3 is 5.32 Å². The zero-order chi connectivity index (χ0) is 7.56. The van der Waals surface area contributed by atoms with Crippen LogP contribution in [0.25, 0.3) is 0 Å². The van der Waals surface area contributed by atoms with E-state index in [1.807, 2.05) is 0 Å². The van der Waals surface area contributed by atoms with E-state index in [9.17, 15) is 0 Å². The second-order valence-electron chi connectivity index (χ2n) is 3.36. The summed E-state index contributed by atoms with van der Waals surface area (Å²) in [6.45, 7) is 7.02. The van der Waals surface area contributed by atoms with E-state index < -0.39 is 0 Å². The Morgan fingerprint density at radius 3 is 2.50 bits per heavy atom. The van der Waals surface area contributed by atoms with E-state index in [1.165, 1.54) is 19.5 Å². The van der Waals surface area contributed by atoms with Gasteiger partial charge in [-0.1, -0.05) is 0 Å². The van der Waals surface area contributed by atoms with Gasteiger partial charge in [0.2, 0.25) is 0 Å². The van der Waals surface area contributed by atoms with Crippen molar-refractivity contribution in [3.8, 4) is 0 Å². The van der Waals surface area contributed by atoms with E-state index >= 15 is 0 Å². The topological polar surface area (TPSA) is 15.3 Å².